The number of rotatable bonds is 3. The highest BCUT2D eigenvalue weighted by molar-refractivity contribution is 5.70. The molecular formula is C6H9O3. The second-order valence-corrected chi connectivity index (χ2v) is 2.23. The van der Waals surface area contributed by atoms with Gasteiger partial charge in [-0.1, -0.05) is 0 Å². The molecule has 0 saturated carbocycles. The topological polar surface area (TPSA) is 49.8 Å². The molecule has 2 atom stereocenters. The average Bonchev–Trinajstić information content (AvgIpc) is 2.50. The smallest absolute Gasteiger partial charge is 0.306 e. The van der Waals surface area contributed by atoms with Gasteiger partial charge in [0.1, 0.15) is 0 Å². The maximum Gasteiger partial charge on any atom is 0.306 e. The molecule has 1 saturated heterocycles. The number of ether oxygens (including phenoxy) is 1. The molecule has 1 N–H and O–H groups in total. The van der Waals surface area contributed by atoms with Crippen LogP contribution in [0.3, 0.4) is 0 Å². The van der Waals surface area contributed by atoms with Crippen molar-refractivity contribution in [3.8, 4) is 0 Å². The number of hydrogen-bond acceptors (Lipinski definition) is 2. The van der Waals surface area contributed by atoms with E-state index in [1.165, 1.54) is 0 Å². The second kappa shape index (κ2) is 2.35. The van der Waals surface area contributed by atoms with Gasteiger partial charge in [-0.25, -0.2) is 0 Å². The molecule has 0 spiro atoms. The fourth-order valence-electron chi connectivity index (χ4n) is 0.622. The lowest BCUT2D eigenvalue weighted by molar-refractivity contribution is -0.140. The highest BCUT2D eigenvalue weighted by atomic mass is 16.6. The van der Waals surface area contributed by atoms with Gasteiger partial charge in [-0.2, -0.15) is 0 Å². The zero-order valence-corrected chi connectivity index (χ0v) is 5.04. The zero-order valence-electron chi connectivity index (χ0n) is 5.04. The van der Waals surface area contributed by atoms with Gasteiger partial charge in [0.25, 0.3) is 0 Å². The number of hydrogen-bond donors (Lipinski definition) is 1. The first-order valence-corrected chi connectivity index (χ1v) is 2.87. The summed E-state index contributed by atoms with van der Waals surface area (Å²) in [6, 6.07) is 0. The molecule has 0 amide bonds. The lowest BCUT2D eigenvalue weighted by atomic mass is 10.1. The molecule has 1 fully saturated rings. The van der Waals surface area contributed by atoms with Crippen molar-refractivity contribution in [3.05, 3.63) is 6.92 Å². The maximum absolute atomic E-state index is 10.1. The van der Waals surface area contributed by atoms with Gasteiger partial charge in [-0.3, -0.25) is 4.79 Å². The fourth-order valence-corrected chi connectivity index (χ4v) is 0.622. The highest BCUT2D eigenvalue weighted by Gasteiger charge is 2.27. The Bertz CT molecular complexity index is 117. The minimum absolute atomic E-state index is 0.170. The minimum Gasteiger partial charge on any atom is -0.481 e. The minimum atomic E-state index is -0.842. The SMILES string of the molecule is [CH2]C(CC1CO1)C(=O)O. The Labute approximate surface area is 53.6 Å². The molecule has 3 heteroatoms. The van der Waals surface area contributed by atoms with Crippen molar-refractivity contribution in [1.29, 1.82) is 0 Å². The predicted octanol–water partition coefficient (Wildman–Crippen LogP) is 0.310. The molecule has 0 aromatic heterocycles. The molecule has 3 nitrogen and oxygen atoms in total. The Morgan fingerprint density at radius 3 is 2.89 bits per heavy atom. The van der Waals surface area contributed by atoms with Crippen LogP contribution >= 0.6 is 0 Å². The van der Waals surface area contributed by atoms with Gasteiger partial charge in [0.15, 0.2) is 0 Å². The Morgan fingerprint density at radius 2 is 2.56 bits per heavy atom. The van der Waals surface area contributed by atoms with Crippen LogP contribution in [0, 0.1) is 12.8 Å². The standard InChI is InChI=1S/C6H9O3/c1-4(6(7)8)2-5-3-9-5/h4-5H,1-3H2,(H,7,8). The van der Waals surface area contributed by atoms with Crippen molar-refractivity contribution in [2.75, 3.05) is 6.61 Å². The molecule has 1 aliphatic rings. The van der Waals surface area contributed by atoms with E-state index in [0.29, 0.717) is 13.0 Å². The predicted molar refractivity (Wildman–Crippen MR) is 30.8 cm³/mol. The number of carboxylic acid groups (broad SMARTS) is 1. The summed E-state index contributed by atoms with van der Waals surface area (Å²) in [4.78, 5) is 10.1. The van der Waals surface area contributed by atoms with Gasteiger partial charge in [0, 0.05) is 0 Å². The molecule has 1 radical (unpaired) electrons. The highest BCUT2D eigenvalue weighted by Crippen LogP contribution is 2.18. The van der Waals surface area contributed by atoms with E-state index in [2.05, 4.69) is 6.92 Å². The molecule has 1 heterocycles. The van der Waals surface area contributed by atoms with Gasteiger partial charge >= 0.3 is 5.97 Å². The van der Waals surface area contributed by atoms with Crippen LogP contribution in [0.25, 0.3) is 0 Å². The number of epoxide rings is 1. The summed E-state index contributed by atoms with van der Waals surface area (Å²) in [6.07, 6.45) is 0.721. The quantitative estimate of drug-likeness (QED) is 0.558. The van der Waals surface area contributed by atoms with E-state index in [1.54, 1.807) is 0 Å². The molecule has 0 bridgehead atoms. The van der Waals surface area contributed by atoms with Crippen LogP contribution in [0.5, 0.6) is 0 Å². The molecule has 1 aliphatic heterocycles. The third-order valence-corrected chi connectivity index (χ3v) is 1.30. The Morgan fingerprint density at radius 1 is 2.00 bits per heavy atom. The summed E-state index contributed by atoms with van der Waals surface area (Å²) in [7, 11) is 0. The molecule has 2 unspecified atom stereocenters. The van der Waals surface area contributed by atoms with Crippen LogP contribution in [0.1, 0.15) is 6.42 Å². The lowest BCUT2D eigenvalue weighted by Gasteiger charge is -1.99. The van der Waals surface area contributed by atoms with Crippen LogP contribution in [0.4, 0.5) is 0 Å². The van der Waals surface area contributed by atoms with Crippen LogP contribution in [-0.4, -0.2) is 23.8 Å². The van der Waals surface area contributed by atoms with E-state index >= 15 is 0 Å². The van der Waals surface area contributed by atoms with Gasteiger partial charge in [0.2, 0.25) is 0 Å². The monoisotopic (exact) mass is 129 g/mol. The van der Waals surface area contributed by atoms with Crippen LogP contribution in [0.15, 0.2) is 0 Å². The number of carboxylic acids is 1. The summed E-state index contributed by atoms with van der Waals surface area (Å²) in [6.45, 7) is 4.15. The van der Waals surface area contributed by atoms with E-state index in [-0.39, 0.29) is 6.10 Å². The Kier molecular flexibility index (Phi) is 1.71. The second-order valence-electron chi connectivity index (χ2n) is 2.23. The van der Waals surface area contributed by atoms with Crippen LogP contribution < -0.4 is 0 Å². The van der Waals surface area contributed by atoms with Crippen LogP contribution in [-0.2, 0) is 9.53 Å². The van der Waals surface area contributed by atoms with E-state index in [4.69, 9.17) is 9.84 Å². The molecule has 9 heavy (non-hydrogen) atoms. The lowest BCUT2D eigenvalue weighted by Crippen LogP contribution is -2.11. The summed E-state index contributed by atoms with van der Waals surface area (Å²) in [5.74, 6) is -1.34. The Hall–Kier alpha value is -0.570. The summed E-state index contributed by atoms with van der Waals surface area (Å²) < 4.78 is 4.83. The largest absolute Gasteiger partial charge is 0.481 e. The van der Waals surface area contributed by atoms with Gasteiger partial charge in [-0.05, 0) is 13.3 Å². The van der Waals surface area contributed by atoms with E-state index < -0.39 is 11.9 Å². The zero-order chi connectivity index (χ0) is 6.85. The molecule has 1 rings (SSSR count). The number of aliphatic carboxylic acids is 1. The average molecular weight is 129 g/mol. The van der Waals surface area contributed by atoms with Gasteiger partial charge in [-0.15, -0.1) is 0 Å². The normalized spacial score (nSPS) is 27.4. The van der Waals surface area contributed by atoms with E-state index in [9.17, 15) is 4.79 Å². The third-order valence-electron chi connectivity index (χ3n) is 1.30. The van der Waals surface area contributed by atoms with Crippen molar-refractivity contribution in [2.45, 2.75) is 12.5 Å². The molecule has 0 aromatic carbocycles. The fraction of sp³-hybridized carbons (Fsp3) is 0.667. The number of carbonyl (C=O) groups is 1. The van der Waals surface area contributed by atoms with E-state index in [0.717, 1.165) is 0 Å². The van der Waals surface area contributed by atoms with Crippen molar-refractivity contribution in [3.63, 3.8) is 0 Å². The van der Waals surface area contributed by atoms with Gasteiger partial charge < -0.3 is 9.84 Å². The van der Waals surface area contributed by atoms with Crippen molar-refractivity contribution >= 4 is 5.97 Å². The maximum atomic E-state index is 10.1. The summed E-state index contributed by atoms with van der Waals surface area (Å²) in [5, 5.41) is 8.34. The van der Waals surface area contributed by atoms with Crippen molar-refractivity contribution in [1.82, 2.24) is 0 Å². The molecule has 0 aromatic rings. The Balaban J connectivity index is 2.16. The summed E-state index contributed by atoms with van der Waals surface area (Å²) in [5.41, 5.74) is 0. The third kappa shape index (κ3) is 2.01. The molecule has 0 aliphatic carbocycles. The van der Waals surface area contributed by atoms with Crippen molar-refractivity contribution in [2.24, 2.45) is 5.92 Å². The first kappa shape index (κ1) is 6.55. The van der Waals surface area contributed by atoms with E-state index in [1.807, 2.05) is 0 Å². The van der Waals surface area contributed by atoms with Gasteiger partial charge in [0.05, 0.1) is 18.6 Å². The first-order chi connectivity index (χ1) is 4.20. The molecular weight excluding hydrogens is 120 g/mol. The summed E-state index contributed by atoms with van der Waals surface area (Å²) >= 11 is 0. The van der Waals surface area contributed by atoms with Crippen molar-refractivity contribution < 1.29 is 14.6 Å². The molecule has 51 valence electrons. The first-order valence-electron chi connectivity index (χ1n) is 2.87. The van der Waals surface area contributed by atoms with Crippen LogP contribution in [0.2, 0.25) is 0 Å².